The van der Waals surface area contributed by atoms with Gasteiger partial charge in [-0.1, -0.05) is 0 Å². The SMILES string of the molecule is CC(C)=O.O.[Na]. The molecule has 0 aromatic rings. The van der Waals surface area contributed by atoms with Crippen molar-refractivity contribution in [3.8, 4) is 0 Å². The third-order valence-electron chi connectivity index (χ3n) is 0. The van der Waals surface area contributed by atoms with Crippen molar-refractivity contribution in [2.45, 2.75) is 13.8 Å². The van der Waals surface area contributed by atoms with Gasteiger partial charge in [-0.25, -0.2) is 0 Å². The van der Waals surface area contributed by atoms with E-state index in [0.29, 0.717) is 0 Å². The van der Waals surface area contributed by atoms with E-state index in [4.69, 9.17) is 0 Å². The van der Waals surface area contributed by atoms with Crippen LogP contribution >= 0.6 is 0 Å². The Morgan fingerprint density at radius 1 is 1.33 bits per heavy atom. The maximum absolute atomic E-state index is 9.44. The molecule has 6 heavy (non-hydrogen) atoms. The van der Waals surface area contributed by atoms with Crippen LogP contribution in [0.25, 0.3) is 0 Å². The maximum Gasteiger partial charge on any atom is 0.126 e. The molecule has 0 fully saturated rings. The first-order valence-electron chi connectivity index (χ1n) is 1.20. The number of ketones is 1. The summed E-state index contributed by atoms with van der Waals surface area (Å²) in [6, 6.07) is 0. The Balaban J connectivity index is -0.0000000450. The van der Waals surface area contributed by atoms with E-state index < -0.39 is 0 Å². The minimum absolute atomic E-state index is 0. The Bertz CT molecular complexity index is 31.8. The normalized spacial score (nSPS) is 4.33. The predicted molar refractivity (Wildman–Crippen MR) is 25.7 cm³/mol. The molecule has 0 saturated heterocycles. The van der Waals surface area contributed by atoms with Gasteiger partial charge in [0.2, 0.25) is 0 Å². The monoisotopic (exact) mass is 99.0 g/mol. The zero-order valence-electron chi connectivity index (χ0n) is 4.41. The van der Waals surface area contributed by atoms with Gasteiger partial charge in [-0.15, -0.1) is 0 Å². The van der Waals surface area contributed by atoms with Crippen LogP contribution in [-0.2, 0) is 4.79 Å². The van der Waals surface area contributed by atoms with Crippen LogP contribution < -0.4 is 0 Å². The number of carbonyl (C=O) groups is 1. The fourth-order valence-corrected chi connectivity index (χ4v) is 0. The van der Waals surface area contributed by atoms with Crippen LogP contribution in [0.1, 0.15) is 13.8 Å². The Kier molecular flexibility index (Phi) is 24.3. The summed E-state index contributed by atoms with van der Waals surface area (Å²) in [5.74, 6) is 0.167. The zero-order chi connectivity index (χ0) is 3.58. The number of hydrogen-bond acceptors (Lipinski definition) is 1. The van der Waals surface area contributed by atoms with E-state index >= 15 is 0 Å². The summed E-state index contributed by atoms with van der Waals surface area (Å²) < 4.78 is 0. The van der Waals surface area contributed by atoms with E-state index in [1.165, 1.54) is 13.8 Å². The summed E-state index contributed by atoms with van der Waals surface area (Å²) in [5, 5.41) is 0. The fourth-order valence-electron chi connectivity index (χ4n) is 0. The van der Waals surface area contributed by atoms with Gasteiger partial charge < -0.3 is 10.3 Å². The van der Waals surface area contributed by atoms with E-state index in [-0.39, 0.29) is 40.8 Å². The summed E-state index contributed by atoms with van der Waals surface area (Å²) in [4.78, 5) is 9.44. The van der Waals surface area contributed by atoms with Crippen LogP contribution in [0.4, 0.5) is 0 Å². The molecule has 0 saturated carbocycles. The average Bonchev–Trinajstić information content (AvgIpc) is 0.811. The van der Waals surface area contributed by atoms with Gasteiger partial charge in [-0.05, 0) is 13.8 Å². The Morgan fingerprint density at radius 2 is 1.33 bits per heavy atom. The van der Waals surface area contributed by atoms with E-state index in [1.807, 2.05) is 0 Å². The molecule has 0 bridgehead atoms. The molecule has 0 heterocycles. The topological polar surface area (TPSA) is 48.6 Å². The van der Waals surface area contributed by atoms with Crippen molar-refractivity contribution < 1.29 is 10.3 Å². The molecule has 0 spiro atoms. The predicted octanol–water partition coefficient (Wildman–Crippen LogP) is -0.610. The number of carbonyl (C=O) groups excluding carboxylic acids is 1. The van der Waals surface area contributed by atoms with Crippen LogP contribution in [0.3, 0.4) is 0 Å². The molecule has 0 aliphatic carbocycles. The van der Waals surface area contributed by atoms with Gasteiger partial charge in [0.25, 0.3) is 0 Å². The molecule has 2 N–H and O–H groups in total. The number of rotatable bonds is 0. The average molecular weight is 99.1 g/mol. The molecule has 3 heteroatoms. The summed E-state index contributed by atoms with van der Waals surface area (Å²) in [6.07, 6.45) is 0. The number of hydrogen-bond donors (Lipinski definition) is 0. The van der Waals surface area contributed by atoms with Gasteiger partial charge in [0.05, 0.1) is 0 Å². The first kappa shape index (κ1) is 15.9. The van der Waals surface area contributed by atoms with Gasteiger partial charge in [-0.3, -0.25) is 0 Å². The van der Waals surface area contributed by atoms with Crippen molar-refractivity contribution in [1.82, 2.24) is 0 Å². The molecule has 33 valence electrons. The van der Waals surface area contributed by atoms with Crippen LogP contribution in [0.2, 0.25) is 0 Å². The van der Waals surface area contributed by atoms with Gasteiger partial charge in [-0.2, -0.15) is 0 Å². The summed E-state index contributed by atoms with van der Waals surface area (Å²) in [5.41, 5.74) is 0. The van der Waals surface area contributed by atoms with Crippen molar-refractivity contribution in [2.75, 3.05) is 0 Å². The summed E-state index contributed by atoms with van der Waals surface area (Å²) >= 11 is 0. The van der Waals surface area contributed by atoms with Crippen molar-refractivity contribution >= 4 is 35.3 Å². The third kappa shape index (κ3) is 154. The smallest absolute Gasteiger partial charge is 0.126 e. The van der Waals surface area contributed by atoms with Gasteiger partial charge in [0.15, 0.2) is 0 Å². The molecule has 0 rings (SSSR count). The quantitative estimate of drug-likeness (QED) is 0.374. The fraction of sp³-hybridized carbons (Fsp3) is 0.667. The second-order valence-electron chi connectivity index (χ2n) is 0.908. The summed E-state index contributed by atoms with van der Waals surface area (Å²) in [7, 11) is 0. The molecule has 1 radical (unpaired) electrons. The first-order chi connectivity index (χ1) is 1.73. The van der Waals surface area contributed by atoms with E-state index in [9.17, 15) is 4.79 Å². The molecule has 0 atom stereocenters. The molecule has 2 nitrogen and oxygen atoms in total. The molecule has 0 aliphatic rings. The molecule has 0 aliphatic heterocycles. The molecular formula is C3H8NaO2. The first-order valence-corrected chi connectivity index (χ1v) is 1.20. The minimum atomic E-state index is 0. The third-order valence-corrected chi connectivity index (χ3v) is 0. The molecule has 0 unspecified atom stereocenters. The van der Waals surface area contributed by atoms with Gasteiger partial charge in [0, 0.05) is 29.6 Å². The maximum atomic E-state index is 9.44. The van der Waals surface area contributed by atoms with Crippen LogP contribution in [-0.4, -0.2) is 40.8 Å². The van der Waals surface area contributed by atoms with Crippen molar-refractivity contribution in [3.05, 3.63) is 0 Å². The number of Topliss-reactive ketones (excluding diaryl/α,β-unsaturated/α-hetero) is 1. The Hall–Kier alpha value is 0.630. The van der Waals surface area contributed by atoms with E-state index in [1.54, 1.807) is 0 Å². The molecule has 0 aromatic carbocycles. The van der Waals surface area contributed by atoms with Crippen molar-refractivity contribution in [2.24, 2.45) is 0 Å². The van der Waals surface area contributed by atoms with E-state index in [0.717, 1.165) is 0 Å². The largest absolute Gasteiger partial charge is 0.412 e. The van der Waals surface area contributed by atoms with Gasteiger partial charge >= 0.3 is 0 Å². The van der Waals surface area contributed by atoms with Crippen LogP contribution in [0, 0.1) is 0 Å². The minimum Gasteiger partial charge on any atom is -0.412 e. The zero-order valence-corrected chi connectivity index (χ0v) is 6.41. The summed E-state index contributed by atoms with van der Waals surface area (Å²) in [6.45, 7) is 3.06. The molecule has 0 amide bonds. The Labute approximate surface area is 59.5 Å². The standard InChI is InChI=1S/C3H6O.Na.H2O/c1-3(2)4;;/h1-2H3;;1H2. The van der Waals surface area contributed by atoms with E-state index in [2.05, 4.69) is 0 Å². The Morgan fingerprint density at radius 3 is 1.33 bits per heavy atom. The van der Waals surface area contributed by atoms with Gasteiger partial charge in [0.1, 0.15) is 5.78 Å². The molecule has 0 aromatic heterocycles. The second-order valence-corrected chi connectivity index (χ2v) is 0.908. The van der Waals surface area contributed by atoms with Crippen molar-refractivity contribution in [1.29, 1.82) is 0 Å². The van der Waals surface area contributed by atoms with Crippen LogP contribution in [0.5, 0.6) is 0 Å². The second kappa shape index (κ2) is 9.16. The van der Waals surface area contributed by atoms with Crippen molar-refractivity contribution in [3.63, 3.8) is 0 Å². The molecular weight excluding hydrogens is 91.0 g/mol. The van der Waals surface area contributed by atoms with Crippen LogP contribution in [0.15, 0.2) is 0 Å².